The van der Waals surface area contributed by atoms with E-state index in [4.69, 9.17) is 0 Å². The van der Waals surface area contributed by atoms with Gasteiger partial charge >= 0.3 is 6.03 Å². The highest BCUT2D eigenvalue weighted by molar-refractivity contribution is 7.08. The van der Waals surface area contributed by atoms with Gasteiger partial charge in [-0.25, -0.2) is 9.18 Å². The van der Waals surface area contributed by atoms with E-state index in [1.165, 1.54) is 35.6 Å². The summed E-state index contributed by atoms with van der Waals surface area (Å²) in [6.07, 6.45) is -1.07. The monoisotopic (exact) mass is 334 g/mol. The molecule has 0 bridgehead atoms. The second kappa shape index (κ2) is 5.75. The number of imide groups is 1. The highest BCUT2D eigenvalue weighted by Crippen LogP contribution is 2.31. The van der Waals surface area contributed by atoms with Crippen LogP contribution in [0, 0.1) is 5.82 Å². The number of halogens is 1. The average molecular weight is 334 g/mol. The van der Waals surface area contributed by atoms with Gasteiger partial charge in [0.15, 0.2) is 0 Å². The van der Waals surface area contributed by atoms with Gasteiger partial charge < -0.3 is 10.4 Å². The van der Waals surface area contributed by atoms with Crippen LogP contribution in [0.15, 0.2) is 41.1 Å². The van der Waals surface area contributed by atoms with Crippen molar-refractivity contribution in [3.05, 3.63) is 58.0 Å². The molecule has 2 heterocycles. The van der Waals surface area contributed by atoms with Crippen molar-refractivity contribution in [3.8, 4) is 0 Å². The van der Waals surface area contributed by atoms with Crippen molar-refractivity contribution in [3.63, 3.8) is 0 Å². The molecule has 0 spiro atoms. The normalized spacial score (nSPS) is 22.3. The summed E-state index contributed by atoms with van der Waals surface area (Å²) in [5.74, 6) is -0.831. The zero-order chi connectivity index (χ0) is 16.6. The number of hydrogen-bond acceptors (Lipinski definition) is 4. The summed E-state index contributed by atoms with van der Waals surface area (Å²) in [7, 11) is 0. The van der Waals surface area contributed by atoms with Crippen molar-refractivity contribution in [2.75, 3.05) is 6.54 Å². The molecule has 120 valence electrons. The molecule has 1 aliphatic heterocycles. The number of rotatable bonds is 4. The van der Waals surface area contributed by atoms with Crippen LogP contribution in [0.25, 0.3) is 0 Å². The molecule has 1 saturated heterocycles. The summed E-state index contributed by atoms with van der Waals surface area (Å²) in [6.45, 7) is 1.45. The largest absolute Gasteiger partial charge is 0.387 e. The van der Waals surface area contributed by atoms with Crippen LogP contribution in [-0.2, 0) is 10.3 Å². The first-order valence-corrected chi connectivity index (χ1v) is 7.96. The Hall–Kier alpha value is -2.25. The van der Waals surface area contributed by atoms with Gasteiger partial charge in [-0.05, 0) is 47.0 Å². The van der Waals surface area contributed by atoms with Crippen LogP contribution >= 0.6 is 11.3 Å². The number of thiophene rings is 1. The molecular formula is C16H15FN2O3S. The number of carbonyl (C=O) groups excluding carboxylic acids is 2. The second-order valence-electron chi connectivity index (χ2n) is 5.55. The van der Waals surface area contributed by atoms with Crippen LogP contribution in [0.4, 0.5) is 9.18 Å². The summed E-state index contributed by atoms with van der Waals surface area (Å²) >= 11 is 1.43. The molecule has 2 N–H and O–H groups in total. The van der Waals surface area contributed by atoms with Crippen molar-refractivity contribution in [1.29, 1.82) is 0 Å². The molecule has 7 heteroatoms. The molecule has 1 aromatic heterocycles. The Morgan fingerprint density at radius 1 is 1.30 bits per heavy atom. The Balaban J connectivity index is 1.79. The lowest BCUT2D eigenvalue weighted by molar-refractivity contribution is -0.132. The number of benzene rings is 1. The third-order valence-corrected chi connectivity index (χ3v) is 4.67. The number of carbonyl (C=O) groups is 2. The smallest absolute Gasteiger partial charge is 0.325 e. The van der Waals surface area contributed by atoms with Crippen LogP contribution in [-0.4, -0.2) is 28.5 Å². The van der Waals surface area contributed by atoms with Crippen LogP contribution in [0.3, 0.4) is 0 Å². The fourth-order valence-electron chi connectivity index (χ4n) is 2.57. The van der Waals surface area contributed by atoms with Crippen molar-refractivity contribution in [1.82, 2.24) is 10.2 Å². The minimum atomic E-state index is -1.13. The topological polar surface area (TPSA) is 69.6 Å². The van der Waals surface area contributed by atoms with Crippen LogP contribution < -0.4 is 5.32 Å². The lowest BCUT2D eigenvalue weighted by Gasteiger charge is -2.22. The van der Waals surface area contributed by atoms with Crippen molar-refractivity contribution < 1.29 is 19.1 Å². The highest BCUT2D eigenvalue weighted by atomic mass is 32.1. The molecule has 23 heavy (non-hydrogen) atoms. The van der Waals surface area contributed by atoms with Gasteiger partial charge in [0.2, 0.25) is 0 Å². The van der Waals surface area contributed by atoms with Gasteiger partial charge in [0, 0.05) is 0 Å². The number of aliphatic hydroxyl groups is 1. The molecule has 1 fully saturated rings. The fourth-order valence-corrected chi connectivity index (χ4v) is 3.34. The Morgan fingerprint density at radius 2 is 2.00 bits per heavy atom. The number of nitrogens with zero attached hydrogens (tertiary/aromatic N) is 1. The minimum absolute atomic E-state index is 0.184. The van der Waals surface area contributed by atoms with E-state index in [9.17, 15) is 19.1 Å². The van der Waals surface area contributed by atoms with Gasteiger partial charge in [0.25, 0.3) is 5.91 Å². The fraction of sp³-hybridized carbons (Fsp3) is 0.250. The van der Waals surface area contributed by atoms with E-state index in [0.29, 0.717) is 11.1 Å². The molecular weight excluding hydrogens is 319 g/mol. The van der Waals surface area contributed by atoms with Gasteiger partial charge in [-0.3, -0.25) is 9.69 Å². The van der Waals surface area contributed by atoms with Gasteiger partial charge in [-0.15, -0.1) is 0 Å². The molecule has 1 aliphatic rings. The number of amides is 3. The molecule has 2 atom stereocenters. The first-order chi connectivity index (χ1) is 10.9. The quantitative estimate of drug-likeness (QED) is 0.844. The van der Waals surface area contributed by atoms with E-state index in [2.05, 4.69) is 5.32 Å². The molecule has 2 aromatic rings. The van der Waals surface area contributed by atoms with Crippen molar-refractivity contribution in [2.45, 2.75) is 18.6 Å². The first-order valence-electron chi connectivity index (χ1n) is 7.02. The molecule has 3 amide bonds. The Bertz CT molecular complexity index is 732. The lowest BCUT2D eigenvalue weighted by Crippen LogP contribution is -2.41. The van der Waals surface area contributed by atoms with E-state index in [0.717, 1.165) is 4.90 Å². The lowest BCUT2D eigenvalue weighted by atomic mass is 9.95. The summed E-state index contributed by atoms with van der Waals surface area (Å²) in [4.78, 5) is 25.8. The van der Waals surface area contributed by atoms with Crippen molar-refractivity contribution in [2.24, 2.45) is 0 Å². The van der Waals surface area contributed by atoms with Gasteiger partial charge in [0.1, 0.15) is 11.4 Å². The van der Waals surface area contributed by atoms with Gasteiger partial charge in [-0.2, -0.15) is 11.3 Å². The SMILES string of the molecule is C[C@@]1(c2ccsc2)NC(=O)N(C[C@@H](O)c2ccc(F)cc2)C1=O. The average Bonchev–Trinajstić information content (AvgIpc) is 3.12. The highest BCUT2D eigenvalue weighted by Gasteiger charge is 2.49. The zero-order valence-electron chi connectivity index (χ0n) is 12.3. The standard InChI is InChI=1S/C16H15FN2O3S/c1-16(11-6-7-23-9-11)14(21)19(15(22)18-16)8-13(20)10-2-4-12(17)5-3-10/h2-7,9,13,20H,8H2,1H3,(H,18,22)/t13-,16+/m1/s1. The molecule has 0 saturated carbocycles. The van der Waals surface area contributed by atoms with Crippen LogP contribution in [0.5, 0.6) is 0 Å². The number of aliphatic hydroxyl groups excluding tert-OH is 1. The Morgan fingerprint density at radius 3 is 2.61 bits per heavy atom. The maximum absolute atomic E-state index is 12.9. The number of nitrogens with one attached hydrogen (secondary N) is 1. The second-order valence-corrected chi connectivity index (χ2v) is 6.33. The van der Waals surface area contributed by atoms with Gasteiger partial charge in [-0.1, -0.05) is 12.1 Å². The molecule has 0 unspecified atom stereocenters. The van der Waals surface area contributed by atoms with E-state index in [1.807, 2.05) is 5.38 Å². The third kappa shape index (κ3) is 2.73. The number of β-amino-alcohol motifs (C(OH)–C–C–N with tert-alkyl or cyclic N) is 1. The Labute approximate surface area is 136 Å². The van der Waals surface area contributed by atoms with E-state index >= 15 is 0 Å². The maximum atomic E-state index is 12.9. The molecule has 5 nitrogen and oxygen atoms in total. The summed E-state index contributed by atoms with van der Waals surface area (Å²) in [5, 5.41) is 16.5. The van der Waals surface area contributed by atoms with Crippen LogP contribution in [0.1, 0.15) is 24.2 Å². The number of hydrogen-bond donors (Lipinski definition) is 2. The summed E-state index contributed by atoms with van der Waals surface area (Å²) in [5.41, 5.74) is 0.0235. The van der Waals surface area contributed by atoms with Crippen molar-refractivity contribution >= 4 is 23.3 Å². The predicted molar refractivity (Wildman–Crippen MR) is 83.3 cm³/mol. The molecule has 1 aromatic carbocycles. The molecule has 3 rings (SSSR count). The van der Waals surface area contributed by atoms with E-state index in [-0.39, 0.29) is 6.54 Å². The maximum Gasteiger partial charge on any atom is 0.325 e. The summed E-state index contributed by atoms with van der Waals surface area (Å²) < 4.78 is 12.9. The molecule has 0 aliphatic carbocycles. The van der Waals surface area contributed by atoms with Crippen LogP contribution in [0.2, 0.25) is 0 Å². The molecule has 0 radical (unpaired) electrons. The Kier molecular flexibility index (Phi) is 3.91. The minimum Gasteiger partial charge on any atom is -0.387 e. The first kappa shape index (κ1) is 15.6. The summed E-state index contributed by atoms with van der Waals surface area (Å²) in [6, 6.07) is 6.53. The third-order valence-electron chi connectivity index (χ3n) is 3.98. The van der Waals surface area contributed by atoms with Gasteiger partial charge in [0.05, 0.1) is 12.6 Å². The predicted octanol–water partition coefficient (Wildman–Crippen LogP) is 2.39. The van der Waals surface area contributed by atoms with E-state index < -0.39 is 29.4 Å². The zero-order valence-corrected chi connectivity index (χ0v) is 13.1. The number of urea groups is 1. The van der Waals surface area contributed by atoms with E-state index in [1.54, 1.807) is 18.4 Å².